The molecule has 5 heteroatoms. The van der Waals surface area contributed by atoms with Gasteiger partial charge in [0.2, 0.25) is 0 Å². The number of hydrogen-bond donors (Lipinski definition) is 2. The number of nitrogens with one attached hydrogen (secondary N) is 1. The first-order chi connectivity index (χ1) is 9.17. The van der Waals surface area contributed by atoms with Gasteiger partial charge in [-0.2, -0.15) is 0 Å². The largest absolute Gasteiger partial charge is 0.480 e. The number of carboxylic acid groups (broad SMARTS) is 1. The number of allylic oxidation sites excluding steroid dienone is 3. The van der Waals surface area contributed by atoms with E-state index < -0.39 is 23.7 Å². The van der Waals surface area contributed by atoms with Crippen molar-refractivity contribution in [3.63, 3.8) is 0 Å². The molecule has 0 saturated carbocycles. The van der Waals surface area contributed by atoms with Crippen LogP contribution >= 0.6 is 0 Å². The fraction of sp³-hybridized carbons (Fsp3) is 0.600. The van der Waals surface area contributed by atoms with Crippen LogP contribution in [0.5, 0.6) is 0 Å². The van der Waals surface area contributed by atoms with Crippen molar-refractivity contribution >= 4 is 12.1 Å². The predicted molar refractivity (Wildman–Crippen MR) is 76.4 cm³/mol. The van der Waals surface area contributed by atoms with E-state index in [0.29, 0.717) is 5.92 Å². The van der Waals surface area contributed by atoms with Gasteiger partial charge in [-0.15, -0.1) is 0 Å². The summed E-state index contributed by atoms with van der Waals surface area (Å²) in [6, 6.07) is -0.981. The highest BCUT2D eigenvalue weighted by Gasteiger charge is 2.24. The Hall–Kier alpha value is -1.78. The molecule has 20 heavy (non-hydrogen) atoms. The Balaban J connectivity index is 2.64. The van der Waals surface area contributed by atoms with Crippen molar-refractivity contribution in [1.82, 2.24) is 5.32 Å². The summed E-state index contributed by atoms with van der Waals surface area (Å²) in [6.07, 6.45) is 6.47. The van der Waals surface area contributed by atoms with Gasteiger partial charge >= 0.3 is 12.1 Å². The minimum Gasteiger partial charge on any atom is -0.480 e. The molecule has 0 bridgehead atoms. The van der Waals surface area contributed by atoms with Gasteiger partial charge in [0, 0.05) is 6.42 Å². The Morgan fingerprint density at radius 2 is 2.15 bits per heavy atom. The molecule has 0 aliphatic heterocycles. The molecule has 1 unspecified atom stereocenters. The van der Waals surface area contributed by atoms with E-state index in [4.69, 9.17) is 4.74 Å². The number of aliphatic carboxylic acids is 1. The molecule has 5 nitrogen and oxygen atoms in total. The normalized spacial score (nSPS) is 20.0. The number of carbonyl (C=O) groups excluding carboxylic acids is 1. The molecule has 0 spiro atoms. The van der Waals surface area contributed by atoms with Gasteiger partial charge in [0.1, 0.15) is 11.6 Å². The molecule has 0 heterocycles. The number of carbonyl (C=O) groups is 2. The number of rotatable bonds is 4. The van der Waals surface area contributed by atoms with E-state index in [2.05, 4.69) is 12.2 Å². The van der Waals surface area contributed by atoms with E-state index in [1.165, 1.54) is 0 Å². The average molecular weight is 281 g/mol. The van der Waals surface area contributed by atoms with E-state index >= 15 is 0 Å². The minimum atomic E-state index is -1.07. The average Bonchev–Trinajstić information content (AvgIpc) is 2.25. The quantitative estimate of drug-likeness (QED) is 0.830. The Bertz CT molecular complexity index is 432. The van der Waals surface area contributed by atoms with Crippen LogP contribution in [0, 0.1) is 5.92 Å². The van der Waals surface area contributed by atoms with Crippen LogP contribution in [0.3, 0.4) is 0 Å². The van der Waals surface area contributed by atoms with Gasteiger partial charge in [-0.1, -0.05) is 25.2 Å². The van der Waals surface area contributed by atoms with Crippen LogP contribution in [-0.2, 0) is 9.53 Å². The molecular weight excluding hydrogens is 258 g/mol. The van der Waals surface area contributed by atoms with Gasteiger partial charge < -0.3 is 15.2 Å². The summed E-state index contributed by atoms with van der Waals surface area (Å²) in [7, 11) is 0. The van der Waals surface area contributed by atoms with Crippen LogP contribution in [0.4, 0.5) is 4.79 Å². The van der Waals surface area contributed by atoms with E-state index in [1.54, 1.807) is 20.8 Å². The standard InChI is InChI=1S/C15H23NO4/c1-10-6-5-7-11(8-10)9-12(13(17)18)16-14(19)20-15(2,3)4/h5,7-8,10,12H,6,9H2,1-4H3,(H,16,19)(H,17,18)/t10?,12-/m0/s1. The van der Waals surface area contributed by atoms with Crippen LogP contribution in [0.2, 0.25) is 0 Å². The molecule has 1 rings (SSSR count). The zero-order valence-corrected chi connectivity index (χ0v) is 12.5. The molecule has 0 aromatic rings. The van der Waals surface area contributed by atoms with Crippen molar-refractivity contribution in [2.24, 2.45) is 5.92 Å². The summed E-state index contributed by atoms with van der Waals surface area (Å²) in [5.41, 5.74) is 0.276. The van der Waals surface area contributed by atoms with E-state index in [1.807, 2.05) is 18.2 Å². The third-order valence-electron chi connectivity index (χ3n) is 2.77. The van der Waals surface area contributed by atoms with Crippen molar-refractivity contribution in [2.45, 2.75) is 52.2 Å². The molecule has 0 aromatic heterocycles. The summed E-state index contributed by atoms with van der Waals surface area (Å²) in [4.78, 5) is 22.9. The molecule has 0 radical (unpaired) electrons. The first kappa shape index (κ1) is 16.3. The van der Waals surface area contributed by atoms with E-state index in [9.17, 15) is 14.7 Å². The summed E-state index contributed by atoms with van der Waals surface area (Å²) < 4.78 is 5.08. The van der Waals surface area contributed by atoms with Crippen LogP contribution in [0.25, 0.3) is 0 Å². The van der Waals surface area contributed by atoms with Crippen molar-refractivity contribution in [3.8, 4) is 0 Å². The molecule has 0 aromatic carbocycles. The lowest BCUT2D eigenvalue weighted by atomic mass is 9.94. The second-order valence-corrected chi connectivity index (χ2v) is 6.10. The summed E-state index contributed by atoms with van der Waals surface area (Å²) >= 11 is 0. The highest BCUT2D eigenvalue weighted by atomic mass is 16.6. The van der Waals surface area contributed by atoms with Crippen LogP contribution in [0.15, 0.2) is 23.8 Å². The lowest BCUT2D eigenvalue weighted by Crippen LogP contribution is -2.43. The minimum absolute atomic E-state index is 0.259. The van der Waals surface area contributed by atoms with Crippen LogP contribution < -0.4 is 5.32 Å². The lowest BCUT2D eigenvalue weighted by molar-refractivity contribution is -0.139. The smallest absolute Gasteiger partial charge is 0.408 e. The number of amides is 1. The summed E-state index contributed by atoms with van der Waals surface area (Å²) in [5.74, 6) is -0.672. The molecule has 112 valence electrons. The third kappa shape index (κ3) is 5.91. The van der Waals surface area contributed by atoms with Crippen molar-refractivity contribution in [1.29, 1.82) is 0 Å². The van der Waals surface area contributed by atoms with E-state index in [0.717, 1.165) is 12.0 Å². The van der Waals surface area contributed by atoms with Gasteiger partial charge in [0.05, 0.1) is 0 Å². The SMILES string of the molecule is CC1C=C(C[C@H](NC(=O)OC(C)(C)C)C(=O)O)C=CC1. The van der Waals surface area contributed by atoms with Crippen LogP contribution in [-0.4, -0.2) is 28.8 Å². The van der Waals surface area contributed by atoms with Crippen molar-refractivity contribution < 1.29 is 19.4 Å². The van der Waals surface area contributed by atoms with Crippen molar-refractivity contribution in [2.75, 3.05) is 0 Å². The second-order valence-electron chi connectivity index (χ2n) is 6.10. The summed E-state index contributed by atoms with van der Waals surface area (Å²) in [6.45, 7) is 7.27. The van der Waals surface area contributed by atoms with Crippen molar-refractivity contribution in [3.05, 3.63) is 23.8 Å². The lowest BCUT2D eigenvalue weighted by Gasteiger charge is -2.22. The monoisotopic (exact) mass is 281 g/mol. The van der Waals surface area contributed by atoms with Gasteiger partial charge in [-0.3, -0.25) is 0 Å². The van der Waals surface area contributed by atoms with Gasteiger partial charge in [0.25, 0.3) is 0 Å². The molecule has 2 N–H and O–H groups in total. The molecule has 1 aliphatic carbocycles. The Labute approximate surface area is 119 Å². The maximum absolute atomic E-state index is 11.6. The van der Waals surface area contributed by atoms with Gasteiger partial charge in [-0.25, -0.2) is 9.59 Å². The summed E-state index contributed by atoms with van der Waals surface area (Å²) in [5, 5.41) is 11.6. The highest BCUT2D eigenvalue weighted by Crippen LogP contribution is 2.20. The Morgan fingerprint density at radius 1 is 1.50 bits per heavy atom. The Kier molecular flexibility index (Phi) is 5.36. The fourth-order valence-corrected chi connectivity index (χ4v) is 1.94. The first-order valence-electron chi connectivity index (χ1n) is 6.77. The predicted octanol–water partition coefficient (Wildman–Crippen LogP) is 2.88. The molecule has 1 aliphatic rings. The number of carboxylic acids is 1. The molecule has 0 saturated heterocycles. The van der Waals surface area contributed by atoms with E-state index in [-0.39, 0.29) is 6.42 Å². The third-order valence-corrected chi connectivity index (χ3v) is 2.77. The second kappa shape index (κ2) is 6.59. The van der Waals surface area contributed by atoms with Crippen LogP contribution in [0.1, 0.15) is 40.5 Å². The molecule has 1 amide bonds. The van der Waals surface area contributed by atoms with Gasteiger partial charge in [-0.05, 0) is 38.7 Å². The topological polar surface area (TPSA) is 75.6 Å². The molecular formula is C15H23NO4. The maximum atomic E-state index is 11.6. The fourth-order valence-electron chi connectivity index (χ4n) is 1.94. The number of hydrogen-bond acceptors (Lipinski definition) is 3. The zero-order chi connectivity index (χ0) is 15.3. The highest BCUT2D eigenvalue weighted by molar-refractivity contribution is 5.80. The number of alkyl carbamates (subject to hydrolysis) is 1. The zero-order valence-electron chi connectivity index (χ0n) is 12.5. The maximum Gasteiger partial charge on any atom is 0.408 e. The molecule has 2 atom stereocenters. The number of ether oxygens (including phenoxy) is 1. The molecule has 0 fully saturated rings. The van der Waals surface area contributed by atoms with Gasteiger partial charge in [0.15, 0.2) is 0 Å². The first-order valence-corrected chi connectivity index (χ1v) is 6.77. The Morgan fingerprint density at radius 3 is 2.65 bits per heavy atom.